The van der Waals surface area contributed by atoms with Gasteiger partial charge < -0.3 is 10.2 Å². The van der Waals surface area contributed by atoms with E-state index in [1.54, 1.807) is 36.7 Å². The fraction of sp³-hybridized carbons (Fsp3) is 0.300. The van der Waals surface area contributed by atoms with E-state index in [4.69, 9.17) is 0 Å². The van der Waals surface area contributed by atoms with E-state index in [1.165, 1.54) is 0 Å². The average molecular weight is 429 g/mol. The minimum atomic E-state index is 0. The molecule has 5 heteroatoms. The molecule has 0 amide bonds. The van der Waals surface area contributed by atoms with Crippen LogP contribution in [0, 0.1) is 0 Å². The zero-order valence-corrected chi connectivity index (χ0v) is 15.4. The molecule has 25 heavy (non-hydrogen) atoms. The SMILES string of the molecule is Oc1ccccc1C=NC1CCCCC1N=Cc1ccccc1O.[Pd]. The van der Waals surface area contributed by atoms with Crippen molar-refractivity contribution < 1.29 is 30.6 Å². The fourth-order valence-corrected chi connectivity index (χ4v) is 2.98. The maximum Gasteiger partial charge on any atom is 0.124 e. The summed E-state index contributed by atoms with van der Waals surface area (Å²) in [5.74, 6) is 0.484. The predicted octanol–water partition coefficient (Wildman–Crippen LogP) is 3.94. The van der Waals surface area contributed by atoms with E-state index in [9.17, 15) is 10.2 Å². The first-order valence-electron chi connectivity index (χ1n) is 8.36. The Morgan fingerprint density at radius 2 is 1.12 bits per heavy atom. The zero-order valence-electron chi connectivity index (χ0n) is 13.9. The average Bonchev–Trinajstić information content (AvgIpc) is 2.61. The summed E-state index contributed by atoms with van der Waals surface area (Å²) in [6, 6.07) is 14.6. The number of hydrogen-bond donors (Lipinski definition) is 2. The van der Waals surface area contributed by atoms with Gasteiger partial charge in [0, 0.05) is 44.0 Å². The maximum atomic E-state index is 9.84. The molecule has 2 aromatic rings. The summed E-state index contributed by atoms with van der Waals surface area (Å²) in [5, 5.41) is 19.7. The molecule has 3 rings (SSSR count). The first-order chi connectivity index (χ1) is 11.7. The van der Waals surface area contributed by atoms with Crippen LogP contribution in [-0.4, -0.2) is 34.7 Å². The van der Waals surface area contributed by atoms with Crippen LogP contribution in [0.1, 0.15) is 36.8 Å². The molecule has 2 aromatic carbocycles. The van der Waals surface area contributed by atoms with Gasteiger partial charge in [0.05, 0.1) is 12.1 Å². The molecule has 0 heterocycles. The van der Waals surface area contributed by atoms with Crippen molar-refractivity contribution >= 4 is 12.4 Å². The van der Waals surface area contributed by atoms with Crippen LogP contribution >= 0.6 is 0 Å². The van der Waals surface area contributed by atoms with E-state index in [2.05, 4.69) is 9.98 Å². The third-order valence-electron chi connectivity index (χ3n) is 4.38. The molecule has 1 aliphatic rings. The van der Waals surface area contributed by atoms with Gasteiger partial charge in [0.1, 0.15) is 11.5 Å². The normalized spacial score (nSPS) is 20.6. The van der Waals surface area contributed by atoms with Crippen molar-refractivity contribution in [1.82, 2.24) is 0 Å². The summed E-state index contributed by atoms with van der Waals surface area (Å²) in [6.45, 7) is 0. The minimum absolute atomic E-state index is 0. The van der Waals surface area contributed by atoms with Gasteiger partial charge in [0.2, 0.25) is 0 Å². The third kappa shape index (κ3) is 5.26. The second kappa shape index (κ2) is 9.51. The van der Waals surface area contributed by atoms with Gasteiger partial charge >= 0.3 is 0 Å². The van der Waals surface area contributed by atoms with E-state index in [0.717, 1.165) is 36.8 Å². The first kappa shape index (κ1) is 19.4. The standard InChI is InChI=1S/C20H22N2O2.Pd/c23-19-11-5-1-7-15(19)13-21-17-9-3-4-10-18(17)22-14-16-8-2-6-12-20(16)24;/h1-2,5-8,11-14,17-18,23-24H,3-4,9-10H2;. The zero-order chi connectivity index (χ0) is 16.8. The van der Waals surface area contributed by atoms with Gasteiger partial charge in [-0.1, -0.05) is 37.1 Å². The van der Waals surface area contributed by atoms with Crippen molar-refractivity contribution in [2.45, 2.75) is 37.8 Å². The van der Waals surface area contributed by atoms with E-state index >= 15 is 0 Å². The molecule has 134 valence electrons. The van der Waals surface area contributed by atoms with Gasteiger partial charge in [-0.2, -0.15) is 0 Å². The summed E-state index contributed by atoms with van der Waals surface area (Å²) in [4.78, 5) is 9.34. The monoisotopic (exact) mass is 428 g/mol. The number of phenols is 2. The fourth-order valence-electron chi connectivity index (χ4n) is 2.98. The minimum Gasteiger partial charge on any atom is -0.507 e. The molecular formula is C20H22N2O2Pd. The molecule has 1 aliphatic carbocycles. The van der Waals surface area contributed by atoms with Crippen LogP contribution in [0.2, 0.25) is 0 Å². The molecule has 0 spiro atoms. The predicted molar refractivity (Wildman–Crippen MR) is 97.4 cm³/mol. The number of benzene rings is 2. The van der Waals surface area contributed by atoms with Crippen molar-refractivity contribution in [1.29, 1.82) is 0 Å². The largest absolute Gasteiger partial charge is 0.507 e. The van der Waals surface area contributed by atoms with Crippen LogP contribution in [0.5, 0.6) is 11.5 Å². The molecule has 2 N–H and O–H groups in total. The van der Waals surface area contributed by atoms with Crippen LogP contribution in [0.4, 0.5) is 0 Å². The van der Waals surface area contributed by atoms with Gasteiger partial charge in [0.15, 0.2) is 0 Å². The number of aliphatic imine (C=N–C) groups is 2. The molecule has 1 saturated carbocycles. The van der Waals surface area contributed by atoms with Crippen LogP contribution in [-0.2, 0) is 20.4 Å². The van der Waals surface area contributed by atoms with Crippen molar-refractivity contribution in [3.05, 3.63) is 59.7 Å². The Morgan fingerprint density at radius 1 is 0.720 bits per heavy atom. The molecular weight excluding hydrogens is 407 g/mol. The van der Waals surface area contributed by atoms with Crippen molar-refractivity contribution in [3.63, 3.8) is 0 Å². The maximum absolute atomic E-state index is 9.84. The van der Waals surface area contributed by atoms with Gasteiger partial charge in [-0.15, -0.1) is 0 Å². The summed E-state index contributed by atoms with van der Waals surface area (Å²) in [6.07, 6.45) is 7.76. The van der Waals surface area contributed by atoms with Crippen LogP contribution < -0.4 is 0 Å². The summed E-state index contributed by atoms with van der Waals surface area (Å²) >= 11 is 0. The van der Waals surface area contributed by atoms with Crippen LogP contribution in [0.3, 0.4) is 0 Å². The second-order valence-electron chi connectivity index (χ2n) is 6.09. The number of para-hydroxylation sites is 2. The Bertz CT molecular complexity index is 682. The number of rotatable bonds is 4. The quantitative estimate of drug-likeness (QED) is 0.572. The Balaban J connectivity index is 0.00000225. The Kier molecular flexibility index (Phi) is 7.36. The molecule has 0 saturated heterocycles. The topological polar surface area (TPSA) is 65.2 Å². The van der Waals surface area contributed by atoms with Gasteiger partial charge in [-0.3, -0.25) is 9.98 Å². The number of nitrogens with zero attached hydrogens (tertiary/aromatic N) is 2. The first-order valence-corrected chi connectivity index (χ1v) is 8.36. The molecule has 0 aliphatic heterocycles. The smallest absolute Gasteiger partial charge is 0.124 e. The Hall–Kier alpha value is -1.96. The van der Waals surface area contributed by atoms with E-state index in [-0.39, 0.29) is 44.0 Å². The Morgan fingerprint density at radius 3 is 1.52 bits per heavy atom. The van der Waals surface area contributed by atoms with E-state index in [1.807, 2.05) is 24.3 Å². The molecule has 0 radical (unpaired) electrons. The van der Waals surface area contributed by atoms with Gasteiger partial charge in [0.25, 0.3) is 0 Å². The van der Waals surface area contributed by atoms with Crippen LogP contribution in [0.25, 0.3) is 0 Å². The van der Waals surface area contributed by atoms with Crippen molar-refractivity contribution in [2.75, 3.05) is 0 Å². The second-order valence-corrected chi connectivity index (χ2v) is 6.09. The molecule has 1 fully saturated rings. The van der Waals surface area contributed by atoms with Crippen molar-refractivity contribution in [2.24, 2.45) is 9.98 Å². The number of hydrogen-bond acceptors (Lipinski definition) is 4. The van der Waals surface area contributed by atoms with E-state index in [0.29, 0.717) is 0 Å². The van der Waals surface area contributed by atoms with Crippen molar-refractivity contribution in [3.8, 4) is 11.5 Å². The molecule has 0 bridgehead atoms. The Labute approximate surface area is 162 Å². The summed E-state index contributed by atoms with van der Waals surface area (Å²) in [7, 11) is 0. The molecule has 4 nitrogen and oxygen atoms in total. The molecule has 2 unspecified atom stereocenters. The van der Waals surface area contributed by atoms with Gasteiger partial charge in [-0.25, -0.2) is 0 Å². The molecule has 2 atom stereocenters. The number of phenolic OH excluding ortho intramolecular Hbond substituents is 2. The number of aromatic hydroxyl groups is 2. The summed E-state index contributed by atoms with van der Waals surface area (Å²) in [5.41, 5.74) is 1.46. The summed E-state index contributed by atoms with van der Waals surface area (Å²) < 4.78 is 0. The molecule has 0 aromatic heterocycles. The van der Waals surface area contributed by atoms with Gasteiger partial charge in [-0.05, 0) is 37.1 Å². The van der Waals surface area contributed by atoms with E-state index < -0.39 is 0 Å². The van der Waals surface area contributed by atoms with Crippen LogP contribution in [0.15, 0.2) is 58.5 Å². The third-order valence-corrected chi connectivity index (χ3v) is 4.38.